The average Bonchev–Trinajstić information content (AvgIpc) is 2.56. The summed E-state index contributed by atoms with van der Waals surface area (Å²) in [5, 5.41) is 0. The molecule has 0 spiro atoms. The van der Waals surface area contributed by atoms with Gasteiger partial charge in [-0.25, -0.2) is 0 Å². The standard InChI is InChI=1S/C17H35N3O/c1-4-14-8-6-7-9-15(14)16(19-18)17(3,5-2)20-10-12-21-13-11-20/h14-16,19H,4-13,18H2,1-3H3. The van der Waals surface area contributed by atoms with E-state index in [0.29, 0.717) is 12.0 Å². The van der Waals surface area contributed by atoms with Crippen LogP contribution in [0.2, 0.25) is 0 Å². The Kier molecular flexibility index (Phi) is 6.48. The molecule has 1 aliphatic heterocycles. The summed E-state index contributed by atoms with van der Waals surface area (Å²) < 4.78 is 5.55. The molecular formula is C17H35N3O. The van der Waals surface area contributed by atoms with Gasteiger partial charge in [-0.15, -0.1) is 0 Å². The molecule has 21 heavy (non-hydrogen) atoms. The van der Waals surface area contributed by atoms with E-state index in [0.717, 1.165) is 38.6 Å². The highest BCUT2D eigenvalue weighted by atomic mass is 16.5. The summed E-state index contributed by atoms with van der Waals surface area (Å²) in [7, 11) is 0. The Morgan fingerprint density at radius 2 is 1.90 bits per heavy atom. The first-order valence-electron chi connectivity index (χ1n) is 8.96. The zero-order valence-electron chi connectivity index (χ0n) is 14.2. The van der Waals surface area contributed by atoms with Crippen LogP contribution in [0.4, 0.5) is 0 Å². The van der Waals surface area contributed by atoms with Gasteiger partial charge in [-0.2, -0.15) is 0 Å². The molecular weight excluding hydrogens is 262 g/mol. The third-order valence-electron chi connectivity index (χ3n) is 6.22. The highest BCUT2D eigenvalue weighted by Gasteiger charge is 2.44. The van der Waals surface area contributed by atoms with Gasteiger partial charge < -0.3 is 4.74 Å². The maximum absolute atomic E-state index is 6.08. The normalized spacial score (nSPS) is 32.6. The highest BCUT2D eigenvalue weighted by Crippen LogP contribution is 2.40. The lowest BCUT2D eigenvalue weighted by atomic mass is 9.68. The first kappa shape index (κ1) is 17.2. The molecule has 1 aliphatic carbocycles. The molecule has 1 heterocycles. The number of ether oxygens (including phenoxy) is 1. The Morgan fingerprint density at radius 3 is 2.48 bits per heavy atom. The van der Waals surface area contributed by atoms with Crippen LogP contribution in [0.5, 0.6) is 0 Å². The smallest absolute Gasteiger partial charge is 0.0594 e. The van der Waals surface area contributed by atoms with Crippen molar-refractivity contribution < 1.29 is 4.74 Å². The van der Waals surface area contributed by atoms with Crippen LogP contribution in [0.1, 0.15) is 59.3 Å². The lowest BCUT2D eigenvalue weighted by molar-refractivity contribution is -0.0498. The summed E-state index contributed by atoms with van der Waals surface area (Å²) in [4.78, 5) is 2.61. The van der Waals surface area contributed by atoms with Gasteiger partial charge in [-0.1, -0.05) is 39.5 Å². The molecule has 0 aromatic rings. The van der Waals surface area contributed by atoms with Gasteiger partial charge in [0, 0.05) is 24.7 Å². The van der Waals surface area contributed by atoms with Crippen molar-refractivity contribution >= 4 is 0 Å². The molecule has 0 amide bonds. The van der Waals surface area contributed by atoms with E-state index in [1.54, 1.807) is 0 Å². The molecule has 4 unspecified atom stereocenters. The van der Waals surface area contributed by atoms with E-state index in [2.05, 4.69) is 31.1 Å². The molecule has 0 bridgehead atoms. The van der Waals surface area contributed by atoms with Gasteiger partial charge in [0.25, 0.3) is 0 Å². The SMILES string of the molecule is CCC1CCCCC1C(NN)C(C)(CC)N1CCOCC1. The zero-order chi connectivity index (χ0) is 15.3. The molecule has 4 atom stereocenters. The third kappa shape index (κ3) is 3.61. The van der Waals surface area contributed by atoms with Crippen molar-refractivity contribution in [2.75, 3.05) is 26.3 Å². The fourth-order valence-corrected chi connectivity index (χ4v) is 4.66. The summed E-state index contributed by atoms with van der Waals surface area (Å²) in [6.07, 6.45) is 7.88. The fourth-order valence-electron chi connectivity index (χ4n) is 4.66. The van der Waals surface area contributed by atoms with Gasteiger partial charge in [0.15, 0.2) is 0 Å². The number of nitrogens with one attached hydrogen (secondary N) is 1. The summed E-state index contributed by atoms with van der Waals surface area (Å²) in [6.45, 7) is 10.8. The Morgan fingerprint density at radius 1 is 1.24 bits per heavy atom. The van der Waals surface area contributed by atoms with E-state index in [9.17, 15) is 0 Å². The van der Waals surface area contributed by atoms with E-state index in [-0.39, 0.29) is 5.54 Å². The van der Waals surface area contributed by atoms with Crippen molar-refractivity contribution in [3.8, 4) is 0 Å². The van der Waals surface area contributed by atoms with Crippen molar-refractivity contribution in [3.05, 3.63) is 0 Å². The van der Waals surface area contributed by atoms with Crippen molar-refractivity contribution in [3.63, 3.8) is 0 Å². The second-order valence-electron chi connectivity index (χ2n) is 7.07. The molecule has 2 aliphatic rings. The molecule has 2 rings (SSSR count). The monoisotopic (exact) mass is 297 g/mol. The number of hydrogen-bond acceptors (Lipinski definition) is 4. The summed E-state index contributed by atoms with van der Waals surface area (Å²) in [5.74, 6) is 7.62. The third-order valence-corrected chi connectivity index (χ3v) is 6.22. The Balaban J connectivity index is 2.18. The van der Waals surface area contributed by atoms with Gasteiger partial charge in [0.1, 0.15) is 0 Å². The molecule has 124 valence electrons. The Hall–Kier alpha value is -0.160. The van der Waals surface area contributed by atoms with Gasteiger partial charge >= 0.3 is 0 Å². The van der Waals surface area contributed by atoms with E-state index in [1.807, 2.05) is 0 Å². The zero-order valence-corrected chi connectivity index (χ0v) is 14.2. The minimum Gasteiger partial charge on any atom is -0.379 e. The molecule has 0 radical (unpaired) electrons. The number of hydrogen-bond donors (Lipinski definition) is 2. The summed E-state index contributed by atoms with van der Waals surface area (Å²) in [6, 6.07) is 0.380. The Bertz CT molecular complexity index is 306. The molecule has 1 saturated carbocycles. The first-order chi connectivity index (χ1) is 10.2. The predicted octanol–water partition coefficient (Wildman–Crippen LogP) is 2.54. The summed E-state index contributed by atoms with van der Waals surface area (Å²) >= 11 is 0. The number of morpholine rings is 1. The lowest BCUT2D eigenvalue weighted by Gasteiger charge is -2.52. The second-order valence-corrected chi connectivity index (χ2v) is 7.07. The number of hydrazine groups is 1. The second kappa shape index (κ2) is 7.91. The van der Waals surface area contributed by atoms with E-state index < -0.39 is 0 Å². The van der Waals surface area contributed by atoms with E-state index >= 15 is 0 Å². The fraction of sp³-hybridized carbons (Fsp3) is 1.00. The minimum atomic E-state index is 0.133. The van der Waals surface area contributed by atoms with Crippen molar-refractivity contribution in [2.45, 2.75) is 70.9 Å². The largest absolute Gasteiger partial charge is 0.379 e. The van der Waals surface area contributed by atoms with Crippen LogP contribution in [-0.2, 0) is 4.74 Å². The molecule has 4 heteroatoms. The van der Waals surface area contributed by atoms with Gasteiger partial charge in [-0.05, 0) is 31.6 Å². The van der Waals surface area contributed by atoms with Crippen LogP contribution in [0, 0.1) is 11.8 Å². The molecule has 2 fully saturated rings. The molecule has 0 aromatic heterocycles. The van der Waals surface area contributed by atoms with Crippen LogP contribution in [0.15, 0.2) is 0 Å². The van der Waals surface area contributed by atoms with Crippen molar-refractivity contribution in [1.82, 2.24) is 10.3 Å². The van der Waals surface area contributed by atoms with Crippen LogP contribution in [0.25, 0.3) is 0 Å². The van der Waals surface area contributed by atoms with Crippen LogP contribution in [-0.4, -0.2) is 42.8 Å². The summed E-state index contributed by atoms with van der Waals surface area (Å²) in [5.41, 5.74) is 3.38. The Labute approximate surface area is 130 Å². The van der Waals surface area contributed by atoms with E-state index in [4.69, 9.17) is 10.6 Å². The predicted molar refractivity (Wildman–Crippen MR) is 87.9 cm³/mol. The minimum absolute atomic E-state index is 0.133. The number of nitrogens with two attached hydrogens (primary N) is 1. The topological polar surface area (TPSA) is 50.5 Å². The van der Waals surface area contributed by atoms with Gasteiger partial charge in [0.2, 0.25) is 0 Å². The van der Waals surface area contributed by atoms with Crippen molar-refractivity contribution in [1.29, 1.82) is 0 Å². The number of nitrogens with zero attached hydrogens (tertiary/aromatic N) is 1. The van der Waals surface area contributed by atoms with Crippen LogP contribution < -0.4 is 11.3 Å². The number of rotatable bonds is 6. The van der Waals surface area contributed by atoms with Gasteiger partial charge in [-0.3, -0.25) is 16.2 Å². The maximum atomic E-state index is 6.08. The molecule has 1 saturated heterocycles. The quantitative estimate of drug-likeness (QED) is 0.584. The highest BCUT2D eigenvalue weighted by molar-refractivity contribution is 5.01. The van der Waals surface area contributed by atoms with Gasteiger partial charge in [0.05, 0.1) is 13.2 Å². The van der Waals surface area contributed by atoms with E-state index in [1.165, 1.54) is 32.1 Å². The average molecular weight is 297 g/mol. The maximum Gasteiger partial charge on any atom is 0.0594 e. The van der Waals surface area contributed by atoms with Crippen LogP contribution >= 0.6 is 0 Å². The van der Waals surface area contributed by atoms with Crippen molar-refractivity contribution in [2.24, 2.45) is 17.7 Å². The lowest BCUT2D eigenvalue weighted by Crippen LogP contribution is -2.66. The molecule has 0 aromatic carbocycles. The first-order valence-corrected chi connectivity index (χ1v) is 8.96. The molecule has 3 N–H and O–H groups in total. The van der Waals surface area contributed by atoms with Crippen LogP contribution in [0.3, 0.4) is 0 Å². The molecule has 4 nitrogen and oxygen atoms in total.